The van der Waals surface area contributed by atoms with Crippen LogP contribution >= 0.6 is 0 Å². The summed E-state index contributed by atoms with van der Waals surface area (Å²) in [5.41, 5.74) is 4.13. The minimum Gasteiger partial charge on any atom is -0.306 e. The zero-order chi connectivity index (χ0) is 9.42. The fourth-order valence-corrected chi connectivity index (χ4v) is 2.10. The van der Waals surface area contributed by atoms with E-state index in [1.807, 2.05) is 4.68 Å². The fraction of sp³-hybridized carbons (Fsp3) is 0.700. The Morgan fingerprint density at radius 3 is 2.62 bits per heavy atom. The Bertz CT molecular complexity index is 286. The molecule has 3 nitrogen and oxygen atoms in total. The summed E-state index contributed by atoms with van der Waals surface area (Å²) in [5.74, 6) is 0. The number of fused-ring (bicyclic) bond motifs is 1. The van der Waals surface area contributed by atoms with Crippen LogP contribution in [0.4, 0.5) is 0 Å². The highest BCUT2D eigenvalue weighted by molar-refractivity contribution is 5.27. The van der Waals surface area contributed by atoms with Gasteiger partial charge in [-0.3, -0.25) is 4.68 Å². The second-order valence-electron chi connectivity index (χ2n) is 3.94. The van der Waals surface area contributed by atoms with Crippen LogP contribution < -0.4 is 0 Å². The summed E-state index contributed by atoms with van der Waals surface area (Å²) in [6.07, 6.45) is 2.30. The molecule has 0 amide bonds. The molecule has 0 N–H and O–H groups in total. The molecule has 72 valence electrons. The molecule has 1 aliphatic rings. The van der Waals surface area contributed by atoms with Crippen molar-refractivity contribution in [1.82, 2.24) is 14.7 Å². The fourth-order valence-electron chi connectivity index (χ4n) is 2.10. The molecule has 0 aliphatic carbocycles. The molecule has 0 saturated heterocycles. The lowest BCUT2D eigenvalue weighted by molar-refractivity contribution is 0.349. The molecule has 0 bridgehead atoms. The van der Waals surface area contributed by atoms with Crippen LogP contribution in [0.3, 0.4) is 0 Å². The summed E-state index contributed by atoms with van der Waals surface area (Å²) in [4.78, 5) is 2.39. The first-order valence-corrected chi connectivity index (χ1v) is 4.88. The van der Waals surface area contributed by atoms with E-state index in [0.29, 0.717) is 0 Å². The van der Waals surface area contributed by atoms with E-state index < -0.39 is 0 Å². The van der Waals surface area contributed by atoms with Crippen molar-refractivity contribution in [3.05, 3.63) is 17.0 Å². The summed E-state index contributed by atoms with van der Waals surface area (Å²) in [6.45, 7) is 4.44. The number of nitrogens with zero attached hydrogens (tertiary/aromatic N) is 3. The van der Waals surface area contributed by atoms with Gasteiger partial charge in [-0.2, -0.15) is 5.10 Å². The van der Waals surface area contributed by atoms with Crippen LogP contribution in [0, 0.1) is 6.92 Å². The van der Waals surface area contributed by atoms with Crippen molar-refractivity contribution in [2.24, 2.45) is 7.05 Å². The van der Waals surface area contributed by atoms with E-state index in [1.54, 1.807) is 0 Å². The molecule has 1 aromatic rings. The van der Waals surface area contributed by atoms with Gasteiger partial charge < -0.3 is 4.90 Å². The van der Waals surface area contributed by atoms with Crippen molar-refractivity contribution in [2.75, 3.05) is 20.1 Å². The van der Waals surface area contributed by atoms with E-state index in [0.717, 1.165) is 19.4 Å². The molecule has 0 aromatic carbocycles. The Morgan fingerprint density at radius 2 is 1.85 bits per heavy atom. The molecular weight excluding hydrogens is 162 g/mol. The normalized spacial score (nSPS) is 18.4. The van der Waals surface area contributed by atoms with Crippen LogP contribution in [0.25, 0.3) is 0 Å². The lowest BCUT2D eigenvalue weighted by Crippen LogP contribution is -2.21. The van der Waals surface area contributed by atoms with Crippen LogP contribution in [0.1, 0.15) is 17.0 Å². The third-order valence-electron chi connectivity index (χ3n) is 2.95. The van der Waals surface area contributed by atoms with Gasteiger partial charge in [0.25, 0.3) is 0 Å². The molecule has 13 heavy (non-hydrogen) atoms. The summed E-state index contributed by atoms with van der Waals surface area (Å²) < 4.78 is 2.05. The molecule has 0 saturated carbocycles. The largest absolute Gasteiger partial charge is 0.306 e. The van der Waals surface area contributed by atoms with Crippen molar-refractivity contribution < 1.29 is 0 Å². The molecule has 0 spiro atoms. The van der Waals surface area contributed by atoms with Gasteiger partial charge in [0, 0.05) is 32.3 Å². The summed E-state index contributed by atoms with van der Waals surface area (Å²) in [7, 11) is 4.24. The quantitative estimate of drug-likeness (QED) is 0.586. The van der Waals surface area contributed by atoms with Gasteiger partial charge in [-0.1, -0.05) is 0 Å². The van der Waals surface area contributed by atoms with Crippen molar-refractivity contribution >= 4 is 0 Å². The molecule has 2 rings (SSSR count). The van der Waals surface area contributed by atoms with E-state index in [4.69, 9.17) is 0 Å². The summed E-state index contributed by atoms with van der Waals surface area (Å²) >= 11 is 0. The van der Waals surface area contributed by atoms with Gasteiger partial charge in [0.15, 0.2) is 0 Å². The average Bonchev–Trinajstić information content (AvgIpc) is 2.27. The van der Waals surface area contributed by atoms with Crippen LogP contribution in [-0.4, -0.2) is 34.8 Å². The van der Waals surface area contributed by atoms with Gasteiger partial charge in [-0.15, -0.1) is 0 Å². The molecule has 2 heterocycles. The predicted molar refractivity (Wildman–Crippen MR) is 52.9 cm³/mol. The van der Waals surface area contributed by atoms with E-state index in [9.17, 15) is 0 Å². The second kappa shape index (κ2) is 3.14. The maximum absolute atomic E-state index is 4.46. The topological polar surface area (TPSA) is 21.1 Å². The maximum atomic E-state index is 4.46. The molecular formula is C10H17N3. The molecule has 3 heteroatoms. The summed E-state index contributed by atoms with van der Waals surface area (Å²) in [6, 6.07) is 0. The van der Waals surface area contributed by atoms with Gasteiger partial charge in [0.05, 0.1) is 5.69 Å². The molecule has 0 fully saturated rings. The standard InChI is InChI=1S/C10H17N3/c1-8-9-4-6-12(2)7-5-10(9)13(3)11-8/h4-7H2,1-3H3. The smallest absolute Gasteiger partial charge is 0.0628 e. The summed E-state index contributed by atoms with van der Waals surface area (Å²) in [5, 5.41) is 4.46. The van der Waals surface area contributed by atoms with E-state index in [2.05, 4.69) is 31.0 Å². The second-order valence-corrected chi connectivity index (χ2v) is 3.94. The Balaban J connectivity index is 2.36. The average molecular weight is 179 g/mol. The van der Waals surface area contributed by atoms with Gasteiger partial charge in [-0.05, 0) is 26.0 Å². The van der Waals surface area contributed by atoms with Crippen molar-refractivity contribution in [2.45, 2.75) is 19.8 Å². The van der Waals surface area contributed by atoms with Crippen molar-refractivity contribution in [1.29, 1.82) is 0 Å². The van der Waals surface area contributed by atoms with Crippen LogP contribution in [0.5, 0.6) is 0 Å². The third kappa shape index (κ3) is 1.48. The first kappa shape index (κ1) is 8.75. The lowest BCUT2D eigenvalue weighted by atomic mass is 10.1. The van der Waals surface area contributed by atoms with Gasteiger partial charge in [0.1, 0.15) is 0 Å². The third-order valence-corrected chi connectivity index (χ3v) is 2.95. The molecule has 0 radical (unpaired) electrons. The van der Waals surface area contributed by atoms with E-state index in [1.165, 1.54) is 23.5 Å². The minimum atomic E-state index is 1.14. The Labute approximate surface area is 79.3 Å². The highest BCUT2D eigenvalue weighted by Gasteiger charge is 2.17. The van der Waals surface area contributed by atoms with Crippen LogP contribution in [-0.2, 0) is 19.9 Å². The Kier molecular flexibility index (Phi) is 2.12. The first-order chi connectivity index (χ1) is 6.18. The molecule has 0 atom stereocenters. The maximum Gasteiger partial charge on any atom is 0.0628 e. The predicted octanol–water partition coefficient (Wildman–Crippen LogP) is 0.759. The molecule has 1 aliphatic heterocycles. The van der Waals surface area contributed by atoms with Gasteiger partial charge >= 0.3 is 0 Å². The lowest BCUT2D eigenvalue weighted by Gasteiger charge is -2.11. The zero-order valence-electron chi connectivity index (χ0n) is 8.67. The number of aryl methyl sites for hydroxylation is 2. The van der Waals surface area contributed by atoms with Gasteiger partial charge in [-0.25, -0.2) is 0 Å². The van der Waals surface area contributed by atoms with Crippen molar-refractivity contribution in [3.8, 4) is 0 Å². The SMILES string of the molecule is Cc1nn(C)c2c1CCN(C)CC2. The number of hydrogen-bond acceptors (Lipinski definition) is 2. The first-order valence-electron chi connectivity index (χ1n) is 4.88. The number of hydrogen-bond donors (Lipinski definition) is 0. The van der Waals surface area contributed by atoms with E-state index in [-0.39, 0.29) is 0 Å². The number of aromatic nitrogens is 2. The highest BCUT2D eigenvalue weighted by atomic mass is 15.3. The van der Waals surface area contributed by atoms with Gasteiger partial charge in [0.2, 0.25) is 0 Å². The van der Waals surface area contributed by atoms with E-state index >= 15 is 0 Å². The number of rotatable bonds is 0. The Hall–Kier alpha value is -0.830. The van der Waals surface area contributed by atoms with Crippen LogP contribution in [0.15, 0.2) is 0 Å². The zero-order valence-corrected chi connectivity index (χ0v) is 8.67. The van der Waals surface area contributed by atoms with Crippen LogP contribution in [0.2, 0.25) is 0 Å². The minimum absolute atomic E-state index is 1.14. The molecule has 0 unspecified atom stereocenters. The Morgan fingerprint density at radius 1 is 1.15 bits per heavy atom. The van der Waals surface area contributed by atoms with Crippen molar-refractivity contribution in [3.63, 3.8) is 0 Å². The number of likely N-dealkylation sites (N-methyl/N-ethyl adjacent to an activating group) is 1. The molecule has 1 aromatic heterocycles. The highest BCUT2D eigenvalue weighted by Crippen LogP contribution is 2.17. The monoisotopic (exact) mass is 179 g/mol.